The number of hydrogen-bond acceptors (Lipinski definition) is 3. The summed E-state index contributed by atoms with van der Waals surface area (Å²) in [6.07, 6.45) is 2.69. The minimum Gasteiger partial charge on any atom is -0.389 e. The molecule has 0 fully saturated rings. The average Bonchev–Trinajstić information content (AvgIpc) is 2.71. The first kappa shape index (κ1) is 8.90. The third kappa shape index (κ3) is 1.65. The summed E-state index contributed by atoms with van der Waals surface area (Å²) >= 11 is 0. The summed E-state index contributed by atoms with van der Waals surface area (Å²) < 4.78 is 1.67. The SMILES string of the molecule is CC(O)c1ccc(-n2cncn2)cc1. The van der Waals surface area contributed by atoms with Crippen LogP contribution >= 0.6 is 0 Å². The molecule has 72 valence electrons. The Morgan fingerprint density at radius 2 is 2.00 bits per heavy atom. The van der Waals surface area contributed by atoms with Crippen LogP contribution in [0.15, 0.2) is 36.9 Å². The quantitative estimate of drug-likeness (QED) is 0.775. The van der Waals surface area contributed by atoms with Crippen LogP contribution < -0.4 is 0 Å². The molecule has 0 amide bonds. The first-order valence-corrected chi connectivity index (χ1v) is 4.40. The van der Waals surface area contributed by atoms with Crippen LogP contribution in [0.5, 0.6) is 0 Å². The minimum absolute atomic E-state index is 0.431. The predicted octanol–water partition coefficient (Wildman–Crippen LogP) is 1.32. The van der Waals surface area contributed by atoms with Gasteiger partial charge in [0.2, 0.25) is 0 Å². The van der Waals surface area contributed by atoms with E-state index in [9.17, 15) is 5.11 Å². The maximum absolute atomic E-state index is 9.31. The normalized spacial score (nSPS) is 12.7. The van der Waals surface area contributed by atoms with Crippen molar-refractivity contribution in [2.45, 2.75) is 13.0 Å². The van der Waals surface area contributed by atoms with Gasteiger partial charge in [-0.3, -0.25) is 0 Å². The highest BCUT2D eigenvalue weighted by molar-refractivity contribution is 5.33. The van der Waals surface area contributed by atoms with Crippen LogP contribution in [0.3, 0.4) is 0 Å². The second kappa shape index (κ2) is 3.59. The Kier molecular flexibility index (Phi) is 2.28. The highest BCUT2D eigenvalue weighted by Gasteiger charge is 2.01. The Hall–Kier alpha value is -1.68. The van der Waals surface area contributed by atoms with Crippen molar-refractivity contribution in [2.24, 2.45) is 0 Å². The molecular formula is C10H11N3O. The van der Waals surface area contributed by atoms with Crippen LogP contribution in [-0.4, -0.2) is 19.9 Å². The monoisotopic (exact) mass is 189 g/mol. The van der Waals surface area contributed by atoms with E-state index in [1.807, 2.05) is 24.3 Å². The van der Waals surface area contributed by atoms with Crippen LogP contribution in [0.2, 0.25) is 0 Å². The smallest absolute Gasteiger partial charge is 0.138 e. The van der Waals surface area contributed by atoms with E-state index in [4.69, 9.17) is 0 Å². The van der Waals surface area contributed by atoms with E-state index in [1.54, 1.807) is 17.9 Å². The van der Waals surface area contributed by atoms with Crippen molar-refractivity contribution in [1.29, 1.82) is 0 Å². The lowest BCUT2D eigenvalue weighted by atomic mass is 10.1. The molecule has 0 saturated heterocycles. The zero-order valence-electron chi connectivity index (χ0n) is 7.83. The molecule has 0 aliphatic heterocycles. The Balaban J connectivity index is 2.31. The van der Waals surface area contributed by atoms with Gasteiger partial charge in [-0.15, -0.1) is 0 Å². The van der Waals surface area contributed by atoms with Crippen LogP contribution in [0.4, 0.5) is 0 Å². The average molecular weight is 189 g/mol. The van der Waals surface area contributed by atoms with Gasteiger partial charge in [-0.25, -0.2) is 9.67 Å². The first-order valence-electron chi connectivity index (χ1n) is 4.40. The number of aromatic nitrogens is 3. The summed E-state index contributed by atoms with van der Waals surface area (Å²) in [4.78, 5) is 3.86. The number of aliphatic hydroxyl groups excluding tert-OH is 1. The molecule has 0 bridgehead atoms. The standard InChI is InChI=1S/C10H11N3O/c1-8(14)9-2-4-10(5-3-9)13-7-11-6-12-13/h2-8,14H,1H3. The summed E-state index contributed by atoms with van der Waals surface area (Å²) in [7, 11) is 0. The lowest BCUT2D eigenvalue weighted by molar-refractivity contribution is 0.199. The minimum atomic E-state index is -0.431. The van der Waals surface area contributed by atoms with Crippen molar-refractivity contribution in [3.63, 3.8) is 0 Å². The van der Waals surface area contributed by atoms with Gasteiger partial charge < -0.3 is 5.11 Å². The third-order valence-electron chi connectivity index (χ3n) is 2.06. The summed E-state index contributed by atoms with van der Waals surface area (Å²) in [6.45, 7) is 1.74. The zero-order valence-corrected chi connectivity index (χ0v) is 7.83. The largest absolute Gasteiger partial charge is 0.389 e. The Labute approximate surface area is 81.8 Å². The zero-order chi connectivity index (χ0) is 9.97. The van der Waals surface area contributed by atoms with Crippen LogP contribution in [0.25, 0.3) is 5.69 Å². The number of benzene rings is 1. The van der Waals surface area contributed by atoms with Crippen molar-refractivity contribution in [3.05, 3.63) is 42.5 Å². The van der Waals surface area contributed by atoms with Gasteiger partial charge >= 0.3 is 0 Å². The molecule has 1 aromatic carbocycles. The molecule has 0 aliphatic carbocycles. The van der Waals surface area contributed by atoms with Gasteiger partial charge in [0, 0.05) is 0 Å². The molecule has 2 rings (SSSR count). The van der Waals surface area contributed by atoms with E-state index in [2.05, 4.69) is 10.1 Å². The Bertz CT molecular complexity index is 392. The van der Waals surface area contributed by atoms with Crippen LogP contribution in [0, 0.1) is 0 Å². The van der Waals surface area contributed by atoms with Crippen LogP contribution in [-0.2, 0) is 0 Å². The molecule has 1 unspecified atom stereocenters. The second-order valence-electron chi connectivity index (χ2n) is 3.11. The summed E-state index contributed by atoms with van der Waals surface area (Å²) in [5.41, 5.74) is 1.83. The van der Waals surface area contributed by atoms with E-state index in [0.717, 1.165) is 11.3 Å². The fourth-order valence-corrected chi connectivity index (χ4v) is 1.25. The molecule has 1 N–H and O–H groups in total. The van der Waals surface area contributed by atoms with E-state index in [1.165, 1.54) is 6.33 Å². The molecular weight excluding hydrogens is 178 g/mol. The summed E-state index contributed by atoms with van der Waals surface area (Å²) in [5.74, 6) is 0. The van der Waals surface area contributed by atoms with E-state index in [-0.39, 0.29) is 0 Å². The molecule has 0 aliphatic rings. The molecule has 1 aromatic heterocycles. The highest BCUT2D eigenvalue weighted by atomic mass is 16.3. The number of rotatable bonds is 2. The third-order valence-corrected chi connectivity index (χ3v) is 2.06. The van der Waals surface area contributed by atoms with Crippen molar-refractivity contribution < 1.29 is 5.11 Å². The first-order chi connectivity index (χ1) is 6.77. The Morgan fingerprint density at radius 3 is 2.50 bits per heavy atom. The molecule has 0 radical (unpaired) electrons. The maximum atomic E-state index is 9.31. The van der Waals surface area contributed by atoms with Gasteiger partial charge in [0.15, 0.2) is 0 Å². The van der Waals surface area contributed by atoms with Gasteiger partial charge in [0.05, 0.1) is 11.8 Å². The molecule has 2 aromatic rings. The van der Waals surface area contributed by atoms with Crippen molar-refractivity contribution in [3.8, 4) is 5.69 Å². The van der Waals surface area contributed by atoms with E-state index >= 15 is 0 Å². The number of hydrogen-bond donors (Lipinski definition) is 1. The summed E-state index contributed by atoms with van der Waals surface area (Å²) in [6, 6.07) is 7.55. The predicted molar refractivity (Wildman–Crippen MR) is 52.0 cm³/mol. The van der Waals surface area contributed by atoms with Crippen molar-refractivity contribution >= 4 is 0 Å². The fourth-order valence-electron chi connectivity index (χ4n) is 1.25. The fraction of sp³-hybridized carbons (Fsp3) is 0.200. The van der Waals surface area contributed by atoms with Gasteiger partial charge in [0.1, 0.15) is 12.7 Å². The molecule has 4 nitrogen and oxygen atoms in total. The number of aliphatic hydroxyl groups is 1. The molecule has 0 saturated carbocycles. The lowest BCUT2D eigenvalue weighted by Crippen LogP contribution is -1.96. The molecule has 4 heteroatoms. The maximum Gasteiger partial charge on any atom is 0.138 e. The van der Waals surface area contributed by atoms with Gasteiger partial charge in [-0.1, -0.05) is 12.1 Å². The van der Waals surface area contributed by atoms with E-state index in [0.29, 0.717) is 0 Å². The lowest BCUT2D eigenvalue weighted by Gasteiger charge is -2.05. The van der Waals surface area contributed by atoms with E-state index < -0.39 is 6.10 Å². The topological polar surface area (TPSA) is 50.9 Å². The number of nitrogens with zero attached hydrogens (tertiary/aromatic N) is 3. The van der Waals surface area contributed by atoms with Crippen LogP contribution in [0.1, 0.15) is 18.6 Å². The van der Waals surface area contributed by atoms with Crippen molar-refractivity contribution in [2.75, 3.05) is 0 Å². The summed E-state index contributed by atoms with van der Waals surface area (Å²) in [5, 5.41) is 13.3. The van der Waals surface area contributed by atoms with Gasteiger partial charge in [0.25, 0.3) is 0 Å². The van der Waals surface area contributed by atoms with Gasteiger partial charge in [-0.2, -0.15) is 5.10 Å². The molecule has 1 heterocycles. The second-order valence-corrected chi connectivity index (χ2v) is 3.11. The Morgan fingerprint density at radius 1 is 1.29 bits per heavy atom. The van der Waals surface area contributed by atoms with Gasteiger partial charge in [-0.05, 0) is 24.6 Å². The molecule has 1 atom stereocenters. The molecule has 14 heavy (non-hydrogen) atoms. The van der Waals surface area contributed by atoms with Crippen molar-refractivity contribution in [1.82, 2.24) is 14.8 Å². The molecule has 0 spiro atoms. The highest BCUT2D eigenvalue weighted by Crippen LogP contribution is 2.14.